The molecule has 2 aromatic rings. The summed E-state index contributed by atoms with van der Waals surface area (Å²) >= 11 is 0. The predicted molar refractivity (Wildman–Crippen MR) is 132 cm³/mol. The van der Waals surface area contributed by atoms with Crippen LogP contribution in [0.1, 0.15) is 56.1 Å². The summed E-state index contributed by atoms with van der Waals surface area (Å²) in [6, 6.07) is 16.2. The molecule has 0 saturated carbocycles. The van der Waals surface area contributed by atoms with E-state index < -0.39 is 17.6 Å². The minimum Gasteiger partial charge on any atom is -0.481 e. The lowest BCUT2D eigenvalue weighted by Gasteiger charge is -2.31. The number of rotatable bonds is 13. The van der Waals surface area contributed by atoms with Gasteiger partial charge in [-0.25, -0.2) is 4.79 Å². The van der Waals surface area contributed by atoms with Gasteiger partial charge in [0.15, 0.2) is 0 Å². The highest BCUT2D eigenvalue weighted by molar-refractivity contribution is 5.90. The summed E-state index contributed by atoms with van der Waals surface area (Å²) in [5.74, 6) is -1.26. The van der Waals surface area contributed by atoms with Crippen LogP contribution in [0.2, 0.25) is 0 Å². The second-order valence-electron chi connectivity index (χ2n) is 8.78. The number of carboxylic acid groups (broad SMARTS) is 1. The largest absolute Gasteiger partial charge is 0.481 e. The minimum absolute atomic E-state index is 0.00145. The van der Waals surface area contributed by atoms with Crippen molar-refractivity contribution in [1.82, 2.24) is 10.6 Å². The first-order valence-electron chi connectivity index (χ1n) is 12.0. The molecule has 8 nitrogen and oxygen atoms in total. The van der Waals surface area contributed by atoms with Crippen molar-refractivity contribution >= 4 is 18.0 Å². The Morgan fingerprint density at radius 2 is 1.60 bits per heavy atom. The molecular weight excluding hydrogens is 448 g/mol. The average molecular weight is 483 g/mol. The fraction of sp³-hybridized carbons (Fsp3) is 0.444. The maximum atomic E-state index is 13.0. The third kappa shape index (κ3) is 6.39. The number of alkyl carbamates (subject to hydrolysis) is 1. The van der Waals surface area contributed by atoms with Crippen molar-refractivity contribution in [1.29, 1.82) is 0 Å². The van der Waals surface area contributed by atoms with E-state index in [-0.39, 0.29) is 31.5 Å². The topological polar surface area (TPSA) is 114 Å². The summed E-state index contributed by atoms with van der Waals surface area (Å²) in [4.78, 5) is 36.4. The molecule has 1 unspecified atom stereocenters. The van der Waals surface area contributed by atoms with Crippen LogP contribution in [-0.2, 0) is 19.1 Å². The van der Waals surface area contributed by atoms with Crippen LogP contribution in [0.15, 0.2) is 48.5 Å². The second kappa shape index (κ2) is 12.4. The number of carboxylic acids is 1. The number of hydrogen-bond acceptors (Lipinski definition) is 5. The molecule has 188 valence electrons. The molecule has 0 aliphatic heterocycles. The third-order valence-electron chi connectivity index (χ3n) is 6.47. The molecule has 1 aliphatic carbocycles. The van der Waals surface area contributed by atoms with Gasteiger partial charge in [0.2, 0.25) is 5.91 Å². The van der Waals surface area contributed by atoms with E-state index in [0.717, 1.165) is 22.3 Å². The zero-order valence-electron chi connectivity index (χ0n) is 20.3. The van der Waals surface area contributed by atoms with Crippen LogP contribution >= 0.6 is 0 Å². The normalized spacial score (nSPS) is 13.9. The van der Waals surface area contributed by atoms with Crippen LogP contribution < -0.4 is 10.6 Å². The van der Waals surface area contributed by atoms with Crippen molar-refractivity contribution in [3.8, 4) is 11.1 Å². The van der Waals surface area contributed by atoms with E-state index in [1.807, 2.05) is 36.4 Å². The third-order valence-corrected chi connectivity index (χ3v) is 6.47. The van der Waals surface area contributed by atoms with Gasteiger partial charge >= 0.3 is 12.1 Å². The van der Waals surface area contributed by atoms with Crippen molar-refractivity contribution in [2.24, 2.45) is 0 Å². The molecular formula is C27H34N2O6. The smallest absolute Gasteiger partial charge is 0.408 e. The number of benzene rings is 2. The van der Waals surface area contributed by atoms with Crippen molar-refractivity contribution in [3.05, 3.63) is 59.7 Å². The first-order chi connectivity index (χ1) is 16.9. The molecule has 35 heavy (non-hydrogen) atoms. The van der Waals surface area contributed by atoms with E-state index >= 15 is 0 Å². The average Bonchev–Trinajstić information content (AvgIpc) is 3.18. The second-order valence-corrected chi connectivity index (χ2v) is 8.78. The quantitative estimate of drug-likeness (QED) is 0.371. The number of hydrogen-bond donors (Lipinski definition) is 3. The first-order valence-corrected chi connectivity index (χ1v) is 12.0. The maximum Gasteiger partial charge on any atom is 0.408 e. The van der Waals surface area contributed by atoms with Crippen LogP contribution in [0, 0.1) is 0 Å². The molecule has 0 spiro atoms. The van der Waals surface area contributed by atoms with Crippen molar-refractivity contribution in [3.63, 3.8) is 0 Å². The maximum absolute atomic E-state index is 13.0. The van der Waals surface area contributed by atoms with Crippen LogP contribution in [-0.4, -0.2) is 55.5 Å². The predicted octanol–water partition coefficient (Wildman–Crippen LogP) is 4.08. The lowest BCUT2D eigenvalue weighted by molar-refractivity contribution is -0.137. The van der Waals surface area contributed by atoms with Crippen LogP contribution in [0.3, 0.4) is 0 Å². The minimum atomic E-state index is -1.27. The Bertz CT molecular complexity index is 994. The summed E-state index contributed by atoms with van der Waals surface area (Å²) in [6.45, 7) is 2.34. The van der Waals surface area contributed by atoms with E-state index in [2.05, 4.69) is 22.8 Å². The number of carbonyl (C=O) groups excluding carboxylic acids is 2. The standard InChI is InChI=1S/C27H34N2O6/c1-3-27(18-34-2,25(32)28-16-10-4-5-15-24(30)31)29-26(33)35-17-23-21-13-8-6-11-19(21)20-12-7-9-14-22(20)23/h6-9,11-14,23H,3-5,10,15-18H2,1-2H3,(H,28,32)(H,29,33)(H,30,31). The molecule has 8 heteroatoms. The number of aliphatic carboxylic acids is 1. The molecule has 3 rings (SSSR count). The lowest BCUT2D eigenvalue weighted by atomic mass is 9.96. The Morgan fingerprint density at radius 1 is 0.971 bits per heavy atom. The lowest BCUT2D eigenvalue weighted by Crippen LogP contribution is -2.61. The number of nitrogens with one attached hydrogen (secondary N) is 2. The van der Waals surface area contributed by atoms with Gasteiger partial charge in [-0.2, -0.15) is 0 Å². The van der Waals surface area contributed by atoms with E-state index in [4.69, 9.17) is 14.6 Å². The van der Waals surface area contributed by atoms with Gasteiger partial charge < -0.3 is 25.2 Å². The molecule has 0 aromatic heterocycles. The van der Waals surface area contributed by atoms with Crippen LogP contribution in [0.25, 0.3) is 11.1 Å². The van der Waals surface area contributed by atoms with Crippen molar-refractivity contribution in [2.45, 2.75) is 50.5 Å². The number of carbonyl (C=O) groups is 3. The highest BCUT2D eigenvalue weighted by Crippen LogP contribution is 2.44. The number of ether oxygens (including phenoxy) is 2. The Morgan fingerprint density at radius 3 is 2.17 bits per heavy atom. The molecule has 2 amide bonds. The van der Waals surface area contributed by atoms with Crippen molar-refractivity contribution < 1.29 is 29.0 Å². The highest BCUT2D eigenvalue weighted by Gasteiger charge is 2.39. The van der Waals surface area contributed by atoms with Gasteiger partial charge in [0.05, 0.1) is 6.61 Å². The number of amides is 2. The highest BCUT2D eigenvalue weighted by atomic mass is 16.5. The number of unbranched alkanes of at least 4 members (excludes halogenated alkanes) is 2. The summed E-state index contributed by atoms with van der Waals surface area (Å²) in [5, 5.41) is 14.3. The van der Waals surface area contributed by atoms with Crippen molar-refractivity contribution in [2.75, 3.05) is 26.9 Å². The van der Waals surface area contributed by atoms with Gasteiger partial charge in [0.25, 0.3) is 0 Å². The molecule has 1 atom stereocenters. The zero-order valence-corrected chi connectivity index (χ0v) is 20.3. The van der Waals surface area contributed by atoms with Gasteiger partial charge in [-0.3, -0.25) is 9.59 Å². The van der Waals surface area contributed by atoms with Crippen LogP contribution in [0.5, 0.6) is 0 Å². The van der Waals surface area contributed by atoms with Gasteiger partial charge in [-0.05, 0) is 41.5 Å². The van der Waals surface area contributed by atoms with Crippen LogP contribution in [0.4, 0.5) is 4.79 Å². The molecule has 0 fully saturated rings. The Kier molecular flexibility index (Phi) is 9.25. The Hall–Kier alpha value is -3.39. The monoisotopic (exact) mass is 482 g/mol. The zero-order chi connectivity index (χ0) is 25.3. The molecule has 3 N–H and O–H groups in total. The molecule has 0 saturated heterocycles. The first kappa shape index (κ1) is 26.2. The molecule has 0 radical (unpaired) electrons. The molecule has 2 aromatic carbocycles. The summed E-state index contributed by atoms with van der Waals surface area (Å²) < 4.78 is 10.9. The van der Waals surface area contributed by atoms with Gasteiger partial charge in [-0.1, -0.05) is 61.9 Å². The fourth-order valence-corrected chi connectivity index (χ4v) is 4.53. The van der Waals surface area contributed by atoms with E-state index in [1.165, 1.54) is 7.11 Å². The number of methoxy groups -OCH3 is 1. The summed E-state index contributed by atoms with van der Waals surface area (Å²) in [6.07, 6.45) is 1.64. The van der Waals surface area contributed by atoms with Gasteiger partial charge in [0.1, 0.15) is 12.1 Å². The molecule has 0 bridgehead atoms. The molecule has 1 aliphatic rings. The summed E-state index contributed by atoms with van der Waals surface area (Å²) in [7, 11) is 1.48. The van der Waals surface area contributed by atoms with Gasteiger partial charge in [0, 0.05) is 26.0 Å². The summed E-state index contributed by atoms with van der Waals surface area (Å²) in [5.41, 5.74) is 3.24. The van der Waals surface area contributed by atoms with Gasteiger partial charge in [-0.15, -0.1) is 0 Å². The van der Waals surface area contributed by atoms with E-state index in [9.17, 15) is 14.4 Å². The number of fused-ring (bicyclic) bond motifs is 3. The SMILES string of the molecule is CCC(COC)(NC(=O)OCC1c2ccccc2-c2ccccc21)C(=O)NCCCCCC(=O)O. The Balaban J connectivity index is 1.59. The van der Waals surface area contributed by atoms with E-state index in [1.54, 1.807) is 6.92 Å². The van der Waals surface area contributed by atoms with E-state index in [0.29, 0.717) is 32.2 Å². The Labute approximate surface area is 206 Å². The molecule has 0 heterocycles. The fourth-order valence-electron chi connectivity index (χ4n) is 4.53.